The topological polar surface area (TPSA) is 91.7 Å². The van der Waals surface area contributed by atoms with Crippen molar-refractivity contribution in [3.63, 3.8) is 0 Å². The summed E-state index contributed by atoms with van der Waals surface area (Å²) in [7, 11) is -2.89. The van der Waals surface area contributed by atoms with Crippen LogP contribution in [-0.2, 0) is 15.0 Å². The minimum atomic E-state index is -4.12. The highest BCUT2D eigenvalue weighted by Crippen LogP contribution is 2.28. The molecule has 0 aliphatic carbocycles. The molecule has 1 amide bonds. The van der Waals surface area contributed by atoms with E-state index in [4.69, 9.17) is 11.6 Å². The molecular formula is C20H14ClFN4O3S2. The number of anilines is 1. The molecule has 0 atom stereocenters. The van der Waals surface area contributed by atoms with Crippen LogP contribution in [0.5, 0.6) is 0 Å². The van der Waals surface area contributed by atoms with Gasteiger partial charge in [-0.3, -0.25) is 9.78 Å². The number of allylic oxidation sites excluding steroid dienone is 1. The minimum absolute atomic E-state index is 0.132. The van der Waals surface area contributed by atoms with Gasteiger partial charge in [0.2, 0.25) is 0 Å². The van der Waals surface area contributed by atoms with Crippen molar-refractivity contribution >= 4 is 50.5 Å². The molecule has 0 unspecified atom stereocenters. The highest BCUT2D eigenvalue weighted by atomic mass is 35.5. The highest BCUT2D eigenvalue weighted by molar-refractivity contribution is 7.88. The molecule has 11 heteroatoms. The van der Waals surface area contributed by atoms with Gasteiger partial charge in [-0.05, 0) is 42.5 Å². The molecular weight excluding hydrogens is 463 g/mol. The number of likely N-dealkylation sites (N-methyl/N-ethyl adjacent to an activating group) is 1. The first-order chi connectivity index (χ1) is 14.7. The van der Waals surface area contributed by atoms with E-state index in [0.29, 0.717) is 4.88 Å². The molecule has 7 nitrogen and oxygen atoms in total. The summed E-state index contributed by atoms with van der Waals surface area (Å²) in [5.74, 6) is -1.34. The quantitative estimate of drug-likeness (QED) is 0.613. The highest BCUT2D eigenvalue weighted by Gasteiger charge is 2.30. The number of hydrogen-bond donors (Lipinski definition) is 1. The normalized spacial score (nSPS) is 15.3. The van der Waals surface area contributed by atoms with Gasteiger partial charge < -0.3 is 5.32 Å². The van der Waals surface area contributed by atoms with E-state index in [1.807, 2.05) is 17.5 Å². The van der Waals surface area contributed by atoms with Crippen molar-refractivity contribution < 1.29 is 17.6 Å². The lowest BCUT2D eigenvalue weighted by atomic mass is 10.1. The lowest BCUT2D eigenvalue weighted by Crippen LogP contribution is -2.35. The first-order valence-electron chi connectivity index (χ1n) is 8.82. The van der Waals surface area contributed by atoms with Crippen LogP contribution in [-0.4, -0.2) is 36.4 Å². The van der Waals surface area contributed by atoms with Gasteiger partial charge in [0.25, 0.3) is 5.91 Å². The second-order valence-electron chi connectivity index (χ2n) is 6.45. The Hall–Kier alpha value is -3.08. The van der Waals surface area contributed by atoms with Crippen LogP contribution >= 0.6 is 22.9 Å². The number of thiophene rings is 1. The summed E-state index contributed by atoms with van der Waals surface area (Å²) in [5.41, 5.74) is 1.75. The van der Waals surface area contributed by atoms with Crippen LogP contribution in [0.2, 0.25) is 5.02 Å². The van der Waals surface area contributed by atoms with Gasteiger partial charge in [-0.15, -0.1) is 15.7 Å². The minimum Gasteiger partial charge on any atom is -0.321 e. The molecule has 0 saturated heterocycles. The molecule has 158 valence electrons. The van der Waals surface area contributed by atoms with Crippen LogP contribution in [0.25, 0.3) is 11.3 Å². The summed E-state index contributed by atoms with van der Waals surface area (Å²) < 4.78 is 43.0. The average molecular weight is 477 g/mol. The van der Waals surface area contributed by atoms with Crippen molar-refractivity contribution in [3.05, 3.63) is 81.5 Å². The van der Waals surface area contributed by atoms with E-state index >= 15 is 0 Å². The standard InChI is InChI=1S/C20H14ClFN4O3S2/c1-26-18(20(27)24-13-5-6-15(22)14(21)9-13)10-17(25-31(26,28)29)19-8-12(11-30-19)16-4-2-3-7-23-16/h2-11H,1H3,(H,24,27). The van der Waals surface area contributed by atoms with Gasteiger partial charge in [-0.2, -0.15) is 8.42 Å². The summed E-state index contributed by atoms with van der Waals surface area (Å²) in [6.45, 7) is 0. The van der Waals surface area contributed by atoms with Gasteiger partial charge in [-0.25, -0.2) is 8.70 Å². The third-order valence-electron chi connectivity index (χ3n) is 4.40. The van der Waals surface area contributed by atoms with Gasteiger partial charge in [0.1, 0.15) is 11.5 Å². The first-order valence-corrected chi connectivity index (χ1v) is 11.5. The van der Waals surface area contributed by atoms with Crippen molar-refractivity contribution in [2.45, 2.75) is 0 Å². The van der Waals surface area contributed by atoms with Gasteiger partial charge in [-0.1, -0.05) is 17.7 Å². The number of rotatable bonds is 4. The van der Waals surface area contributed by atoms with Crippen molar-refractivity contribution in [2.75, 3.05) is 12.4 Å². The lowest BCUT2D eigenvalue weighted by molar-refractivity contribution is -0.113. The van der Waals surface area contributed by atoms with Gasteiger partial charge in [0.05, 0.1) is 21.3 Å². The number of pyridine rings is 1. The summed E-state index contributed by atoms with van der Waals surface area (Å²) in [6.07, 6.45) is 3.05. The Kier molecular flexibility index (Phi) is 5.61. The summed E-state index contributed by atoms with van der Waals surface area (Å²) in [4.78, 5) is 17.6. The third kappa shape index (κ3) is 4.36. The molecule has 1 N–H and O–H groups in total. The van der Waals surface area contributed by atoms with Gasteiger partial charge in [0.15, 0.2) is 0 Å². The predicted octanol–water partition coefficient (Wildman–Crippen LogP) is 4.10. The zero-order valence-electron chi connectivity index (χ0n) is 15.9. The van der Waals surface area contributed by atoms with Crippen LogP contribution in [0.1, 0.15) is 4.88 Å². The van der Waals surface area contributed by atoms with Crippen LogP contribution in [0, 0.1) is 5.82 Å². The number of carbonyl (C=O) groups excluding carboxylic acids is 1. The van der Waals surface area contributed by atoms with Gasteiger partial charge >= 0.3 is 10.2 Å². The monoisotopic (exact) mass is 476 g/mol. The second-order valence-corrected chi connectivity index (χ2v) is 9.39. The molecule has 0 saturated carbocycles. The Morgan fingerprint density at radius 3 is 2.74 bits per heavy atom. The second kappa shape index (κ2) is 8.22. The number of nitrogens with zero attached hydrogens (tertiary/aromatic N) is 3. The van der Waals surface area contributed by atoms with Gasteiger partial charge in [0, 0.05) is 29.9 Å². The Morgan fingerprint density at radius 2 is 2.03 bits per heavy atom. The average Bonchev–Trinajstić information content (AvgIpc) is 3.23. The van der Waals surface area contributed by atoms with Crippen LogP contribution < -0.4 is 5.32 Å². The molecule has 4 rings (SSSR count). The van der Waals surface area contributed by atoms with Crippen LogP contribution in [0.15, 0.2) is 70.2 Å². The number of carbonyl (C=O) groups is 1. The Morgan fingerprint density at radius 1 is 1.23 bits per heavy atom. The summed E-state index contributed by atoms with van der Waals surface area (Å²) in [5, 5.41) is 4.19. The number of halogens is 2. The van der Waals surface area contributed by atoms with E-state index in [1.54, 1.807) is 18.3 Å². The molecule has 1 aliphatic heterocycles. The number of benzene rings is 1. The molecule has 1 aliphatic rings. The molecule has 0 bridgehead atoms. The third-order valence-corrected chi connectivity index (χ3v) is 6.95. The van der Waals surface area contributed by atoms with Crippen molar-refractivity contribution in [3.8, 4) is 11.3 Å². The summed E-state index contributed by atoms with van der Waals surface area (Å²) >= 11 is 7.03. The molecule has 3 heterocycles. The lowest BCUT2D eigenvalue weighted by Gasteiger charge is -2.23. The Bertz CT molecular complexity index is 1340. The fraction of sp³-hybridized carbons (Fsp3) is 0.0500. The largest absolute Gasteiger partial charge is 0.345 e. The first kappa shape index (κ1) is 21.2. The van der Waals surface area contributed by atoms with Crippen molar-refractivity contribution in [1.29, 1.82) is 0 Å². The number of hydrogen-bond acceptors (Lipinski definition) is 5. The number of nitrogens with one attached hydrogen (secondary N) is 1. The van der Waals surface area contributed by atoms with E-state index in [0.717, 1.165) is 21.6 Å². The molecule has 0 radical (unpaired) electrons. The smallest absolute Gasteiger partial charge is 0.321 e. The zero-order valence-corrected chi connectivity index (χ0v) is 18.3. The van der Waals surface area contributed by atoms with E-state index in [2.05, 4.69) is 14.7 Å². The maximum absolute atomic E-state index is 13.4. The maximum atomic E-state index is 13.4. The Balaban J connectivity index is 1.67. The number of amides is 1. The van der Waals surface area contributed by atoms with Crippen molar-refractivity contribution in [1.82, 2.24) is 9.29 Å². The fourth-order valence-electron chi connectivity index (χ4n) is 2.79. The van der Waals surface area contributed by atoms with E-state index in [1.165, 1.54) is 36.6 Å². The zero-order chi connectivity index (χ0) is 22.2. The fourth-order valence-corrected chi connectivity index (χ4v) is 4.80. The van der Waals surface area contributed by atoms with E-state index < -0.39 is 21.9 Å². The molecule has 31 heavy (non-hydrogen) atoms. The predicted molar refractivity (Wildman–Crippen MR) is 119 cm³/mol. The van der Waals surface area contributed by atoms with E-state index in [9.17, 15) is 17.6 Å². The van der Waals surface area contributed by atoms with Crippen molar-refractivity contribution in [2.24, 2.45) is 4.40 Å². The summed E-state index contributed by atoms with van der Waals surface area (Å²) in [6, 6.07) is 10.9. The molecule has 2 aromatic heterocycles. The maximum Gasteiger partial charge on any atom is 0.345 e. The molecule has 3 aromatic rings. The number of aromatic nitrogens is 1. The Labute approximate surface area is 186 Å². The van der Waals surface area contributed by atoms with Crippen LogP contribution in [0.4, 0.5) is 10.1 Å². The molecule has 0 fully saturated rings. The molecule has 0 spiro atoms. The SMILES string of the molecule is CN1C(C(=O)Nc2ccc(F)c(Cl)c2)=CC(c2cc(-c3ccccn3)cs2)=NS1(=O)=O. The van der Waals surface area contributed by atoms with Crippen LogP contribution in [0.3, 0.4) is 0 Å². The van der Waals surface area contributed by atoms with E-state index in [-0.39, 0.29) is 22.1 Å². The molecule has 1 aromatic carbocycles.